The van der Waals surface area contributed by atoms with Gasteiger partial charge in [0.15, 0.2) is 10.4 Å². The van der Waals surface area contributed by atoms with Crippen LogP contribution in [0.5, 0.6) is 0 Å². The van der Waals surface area contributed by atoms with Crippen molar-refractivity contribution < 1.29 is 9.59 Å². The predicted octanol–water partition coefficient (Wildman–Crippen LogP) is 1.89. The van der Waals surface area contributed by atoms with Crippen LogP contribution < -0.4 is 10.6 Å². The lowest BCUT2D eigenvalue weighted by Crippen LogP contribution is -2.52. The molecule has 3 heterocycles. The second-order valence-electron chi connectivity index (χ2n) is 6.14. The molecular weight excluding hydrogens is 350 g/mol. The molecule has 2 amide bonds. The van der Waals surface area contributed by atoms with Crippen LogP contribution in [0.4, 0.5) is 5.69 Å². The summed E-state index contributed by atoms with van der Waals surface area (Å²) in [6.45, 7) is 2.02. The van der Waals surface area contributed by atoms with E-state index in [2.05, 4.69) is 20.8 Å². The summed E-state index contributed by atoms with van der Waals surface area (Å²) in [6.07, 6.45) is 2.41. The first-order valence-corrected chi connectivity index (χ1v) is 9.06. The van der Waals surface area contributed by atoms with Crippen molar-refractivity contribution in [2.75, 3.05) is 11.9 Å². The molecule has 0 aliphatic carbocycles. The molecule has 132 valence electrons. The third kappa shape index (κ3) is 2.82. The number of aromatic nitrogens is 3. The molecule has 0 saturated carbocycles. The van der Waals surface area contributed by atoms with Gasteiger partial charge in [-0.1, -0.05) is 30.0 Å². The lowest BCUT2D eigenvalue weighted by molar-refractivity contribution is -0.129. The Kier molecular flexibility index (Phi) is 4.12. The molecule has 1 aromatic carbocycles. The summed E-state index contributed by atoms with van der Waals surface area (Å²) in [6, 6.07) is 13.1. The molecule has 0 fully saturated rings. The summed E-state index contributed by atoms with van der Waals surface area (Å²) in [5, 5.41) is 13.9. The van der Waals surface area contributed by atoms with Crippen molar-refractivity contribution in [2.45, 2.75) is 23.0 Å². The summed E-state index contributed by atoms with van der Waals surface area (Å²) in [4.78, 5) is 26.0. The van der Waals surface area contributed by atoms with Crippen LogP contribution in [-0.4, -0.2) is 37.7 Å². The van der Waals surface area contributed by atoms with Crippen LogP contribution in [0, 0.1) is 0 Å². The number of benzene rings is 1. The second kappa shape index (κ2) is 6.45. The van der Waals surface area contributed by atoms with E-state index in [1.165, 1.54) is 11.8 Å². The molecule has 4 rings (SSSR count). The van der Waals surface area contributed by atoms with E-state index < -0.39 is 4.75 Å². The molecule has 26 heavy (non-hydrogen) atoms. The molecule has 1 atom stereocenters. The Balaban J connectivity index is 1.44. The first-order valence-electron chi connectivity index (χ1n) is 8.24. The predicted molar refractivity (Wildman–Crippen MR) is 99.0 cm³/mol. The lowest BCUT2D eigenvalue weighted by atomic mass is 10.1. The third-order valence-corrected chi connectivity index (χ3v) is 5.69. The highest BCUT2D eigenvalue weighted by molar-refractivity contribution is 8.02. The highest BCUT2D eigenvalue weighted by atomic mass is 32.2. The minimum atomic E-state index is -1.21. The van der Waals surface area contributed by atoms with Gasteiger partial charge in [-0.05, 0) is 31.2 Å². The van der Waals surface area contributed by atoms with E-state index in [-0.39, 0.29) is 11.8 Å². The summed E-state index contributed by atoms with van der Waals surface area (Å²) >= 11 is 1.27. The molecule has 0 spiro atoms. The number of para-hydroxylation sites is 1. The Labute approximate surface area is 154 Å². The molecule has 2 aromatic heterocycles. The minimum Gasteiger partial charge on any atom is -0.354 e. The fraction of sp³-hybridized carbons (Fsp3) is 0.222. The average molecular weight is 367 g/mol. The van der Waals surface area contributed by atoms with E-state index in [1.54, 1.807) is 6.92 Å². The van der Waals surface area contributed by atoms with Crippen molar-refractivity contribution in [1.29, 1.82) is 0 Å². The fourth-order valence-corrected chi connectivity index (χ4v) is 3.96. The SMILES string of the molecule is CC1(C(=O)NCCc2nnc3ccccn23)Sc2ccccc2NC1=O. The second-order valence-corrected chi connectivity index (χ2v) is 7.60. The van der Waals surface area contributed by atoms with Crippen molar-refractivity contribution in [3.05, 3.63) is 54.5 Å². The van der Waals surface area contributed by atoms with E-state index in [0.29, 0.717) is 13.0 Å². The van der Waals surface area contributed by atoms with E-state index >= 15 is 0 Å². The monoisotopic (exact) mass is 367 g/mol. The zero-order valence-corrected chi connectivity index (χ0v) is 14.9. The number of rotatable bonds is 4. The molecule has 0 bridgehead atoms. The summed E-state index contributed by atoms with van der Waals surface area (Å²) in [7, 11) is 0. The molecular formula is C18H17N5O2S. The van der Waals surface area contributed by atoms with Crippen LogP contribution in [0.2, 0.25) is 0 Å². The maximum atomic E-state index is 12.7. The van der Waals surface area contributed by atoms with Gasteiger partial charge >= 0.3 is 0 Å². The van der Waals surface area contributed by atoms with Crippen LogP contribution in [0.3, 0.4) is 0 Å². The van der Waals surface area contributed by atoms with E-state index in [4.69, 9.17) is 0 Å². The number of pyridine rings is 1. The Morgan fingerprint density at radius 3 is 2.92 bits per heavy atom. The van der Waals surface area contributed by atoms with Gasteiger partial charge in [0, 0.05) is 24.1 Å². The number of anilines is 1. The van der Waals surface area contributed by atoms with Gasteiger partial charge in [-0.2, -0.15) is 0 Å². The summed E-state index contributed by atoms with van der Waals surface area (Å²) in [5.41, 5.74) is 1.50. The molecule has 1 aliphatic rings. The number of carbonyl (C=O) groups is 2. The Morgan fingerprint density at radius 2 is 2.04 bits per heavy atom. The molecule has 0 saturated heterocycles. The van der Waals surface area contributed by atoms with Gasteiger partial charge in [-0.3, -0.25) is 14.0 Å². The minimum absolute atomic E-state index is 0.313. The maximum Gasteiger partial charge on any atom is 0.250 e. The van der Waals surface area contributed by atoms with Gasteiger partial charge in [-0.15, -0.1) is 10.2 Å². The van der Waals surface area contributed by atoms with Gasteiger partial charge in [-0.25, -0.2) is 0 Å². The normalized spacial score (nSPS) is 19.0. The third-order valence-electron chi connectivity index (χ3n) is 4.33. The number of amides is 2. The zero-order chi connectivity index (χ0) is 18.1. The summed E-state index contributed by atoms with van der Waals surface area (Å²) in [5.74, 6) is 0.132. The van der Waals surface area contributed by atoms with Crippen molar-refractivity contribution in [2.24, 2.45) is 0 Å². The zero-order valence-electron chi connectivity index (χ0n) is 14.1. The standard InChI is InChI=1S/C18H17N5O2S/c1-18(17(25)20-12-6-2-3-7-13(12)26-18)16(24)19-10-9-15-22-21-14-8-4-5-11-23(14)15/h2-8,11H,9-10H2,1H3,(H,19,24)(H,20,25). The number of hydrogen-bond donors (Lipinski definition) is 2. The largest absolute Gasteiger partial charge is 0.354 e. The van der Waals surface area contributed by atoms with Gasteiger partial charge in [0.2, 0.25) is 11.8 Å². The smallest absolute Gasteiger partial charge is 0.250 e. The molecule has 8 heteroatoms. The quantitative estimate of drug-likeness (QED) is 0.688. The van der Waals surface area contributed by atoms with Crippen molar-refractivity contribution in [3.63, 3.8) is 0 Å². The number of carbonyl (C=O) groups excluding carboxylic acids is 2. The molecule has 0 radical (unpaired) electrons. The molecule has 1 aliphatic heterocycles. The average Bonchev–Trinajstić information content (AvgIpc) is 3.06. The number of hydrogen-bond acceptors (Lipinski definition) is 5. The van der Waals surface area contributed by atoms with Gasteiger partial charge in [0.25, 0.3) is 0 Å². The van der Waals surface area contributed by atoms with Crippen LogP contribution >= 0.6 is 11.8 Å². The highest BCUT2D eigenvalue weighted by Gasteiger charge is 2.45. The van der Waals surface area contributed by atoms with Gasteiger partial charge in [0.05, 0.1) is 5.69 Å². The van der Waals surface area contributed by atoms with Crippen molar-refractivity contribution >= 4 is 34.9 Å². The molecule has 1 unspecified atom stereocenters. The van der Waals surface area contributed by atoms with Gasteiger partial charge in [0.1, 0.15) is 5.82 Å². The Bertz CT molecular complexity index is 1000. The van der Waals surface area contributed by atoms with Gasteiger partial charge < -0.3 is 10.6 Å². The van der Waals surface area contributed by atoms with Crippen LogP contribution in [0.15, 0.2) is 53.6 Å². The van der Waals surface area contributed by atoms with E-state index in [9.17, 15) is 9.59 Å². The van der Waals surface area contributed by atoms with Crippen LogP contribution in [0.25, 0.3) is 5.65 Å². The van der Waals surface area contributed by atoms with Crippen molar-refractivity contribution in [3.8, 4) is 0 Å². The van der Waals surface area contributed by atoms with Crippen LogP contribution in [-0.2, 0) is 16.0 Å². The first-order chi connectivity index (χ1) is 12.6. The maximum absolute atomic E-state index is 12.7. The molecule has 7 nitrogen and oxygen atoms in total. The molecule has 3 aromatic rings. The Morgan fingerprint density at radius 1 is 1.23 bits per heavy atom. The van der Waals surface area contributed by atoms with E-state index in [0.717, 1.165) is 22.1 Å². The Hall–Kier alpha value is -2.87. The number of nitrogens with one attached hydrogen (secondary N) is 2. The first kappa shape index (κ1) is 16.6. The number of fused-ring (bicyclic) bond motifs is 2. The lowest BCUT2D eigenvalue weighted by Gasteiger charge is -2.31. The fourth-order valence-electron chi connectivity index (χ4n) is 2.83. The molecule has 2 N–H and O–H groups in total. The van der Waals surface area contributed by atoms with Crippen LogP contribution in [0.1, 0.15) is 12.7 Å². The number of nitrogens with zero attached hydrogens (tertiary/aromatic N) is 3. The summed E-state index contributed by atoms with van der Waals surface area (Å²) < 4.78 is 0.674. The highest BCUT2D eigenvalue weighted by Crippen LogP contribution is 2.42. The van der Waals surface area contributed by atoms with E-state index in [1.807, 2.05) is 53.1 Å². The topological polar surface area (TPSA) is 88.4 Å². The number of thioether (sulfide) groups is 1. The van der Waals surface area contributed by atoms with Crippen molar-refractivity contribution in [1.82, 2.24) is 19.9 Å².